The summed E-state index contributed by atoms with van der Waals surface area (Å²) in [6.45, 7) is 5.66. The van der Waals surface area contributed by atoms with Crippen LogP contribution < -0.4 is 10.6 Å². The number of methoxy groups -OCH3 is 1. The van der Waals surface area contributed by atoms with Gasteiger partial charge in [-0.15, -0.1) is 12.4 Å². The second kappa shape index (κ2) is 8.69. The van der Waals surface area contributed by atoms with Crippen LogP contribution >= 0.6 is 12.4 Å². The molecule has 1 aliphatic rings. The molecule has 102 valence electrons. The van der Waals surface area contributed by atoms with Crippen molar-refractivity contribution in [2.45, 2.75) is 38.5 Å². The lowest BCUT2D eigenvalue weighted by atomic mass is 10.2. The molecule has 6 heteroatoms. The molecule has 3 unspecified atom stereocenters. The van der Waals surface area contributed by atoms with Gasteiger partial charge in [-0.25, -0.2) is 0 Å². The molecule has 0 aliphatic carbocycles. The Bertz CT molecular complexity index is 229. The first-order valence-corrected chi connectivity index (χ1v) is 5.81. The average Bonchev–Trinajstić information content (AvgIpc) is 2.73. The maximum Gasteiger partial charge on any atom is 0.246 e. The minimum atomic E-state index is -0.0731. The third-order valence-electron chi connectivity index (χ3n) is 2.88. The van der Waals surface area contributed by atoms with Crippen molar-refractivity contribution in [1.82, 2.24) is 10.6 Å². The molecule has 1 saturated heterocycles. The van der Waals surface area contributed by atoms with Crippen LogP contribution in [0.4, 0.5) is 0 Å². The van der Waals surface area contributed by atoms with E-state index in [1.807, 2.05) is 13.8 Å². The summed E-state index contributed by atoms with van der Waals surface area (Å²) in [6.07, 6.45) is 1.11. The van der Waals surface area contributed by atoms with Crippen molar-refractivity contribution in [2.75, 3.05) is 26.8 Å². The average molecular weight is 267 g/mol. The molecule has 1 rings (SSSR count). The smallest absolute Gasteiger partial charge is 0.246 e. The molecule has 0 saturated carbocycles. The predicted octanol–water partition coefficient (Wildman–Crippen LogP) is 0.326. The minimum absolute atomic E-state index is 0. The fourth-order valence-electron chi connectivity index (χ4n) is 1.63. The Morgan fingerprint density at radius 1 is 1.53 bits per heavy atom. The topological polar surface area (TPSA) is 59.6 Å². The maximum absolute atomic E-state index is 11.6. The van der Waals surface area contributed by atoms with E-state index in [-0.39, 0.29) is 43.2 Å². The highest BCUT2D eigenvalue weighted by Gasteiger charge is 2.27. The van der Waals surface area contributed by atoms with Crippen molar-refractivity contribution >= 4 is 18.3 Å². The van der Waals surface area contributed by atoms with Gasteiger partial charge in [0, 0.05) is 20.2 Å². The Labute approximate surface area is 109 Å². The molecule has 0 radical (unpaired) electrons. The van der Waals surface area contributed by atoms with Gasteiger partial charge < -0.3 is 20.1 Å². The monoisotopic (exact) mass is 266 g/mol. The van der Waals surface area contributed by atoms with Gasteiger partial charge in [0.2, 0.25) is 5.91 Å². The van der Waals surface area contributed by atoms with E-state index in [0.29, 0.717) is 0 Å². The van der Waals surface area contributed by atoms with E-state index in [2.05, 4.69) is 10.6 Å². The van der Waals surface area contributed by atoms with E-state index >= 15 is 0 Å². The molecule has 1 aliphatic heterocycles. The zero-order chi connectivity index (χ0) is 12.0. The highest BCUT2D eigenvalue weighted by Crippen LogP contribution is 2.03. The molecule has 0 aromatic rings. The van der Waals surface area contributed by atoms with Crippen molar-refractivity contribution in [3.63, 3.8) is 0 Å². The van der Waals surface area contributed by atoms with Crippen molar-refractivity contribution in [2.24, 2.45) is 0 Å². The zero-order valence-electron chi connectivity index (χ0n) is 10.7. The number of carbonyl (C=O) groups excluding carboxylic acids is 1. The van der Waals surface area contributed by atoms with Crippen LogP contribution in [0.15, 0.2) is 0 Å². The van der Waals surface area contributed by atoms with Gasteiger partial charge in [0.25, 0.3) is 0 Å². The lowest BCUT2D eigenvalue weighted by Gasteiger charge is -2.19. The first-order chi connectivity index (χ1) is 7.67. The van der Waals surface area contributed by atoms with E-state index in [4.69, 9.17) is 9.47 Å². The first kappa shape index (κ1) is 16.6. The van der Waals surface area contributed by atoms with E-state index in [9.17, 15) is 4.79 Å². The fourth-order valence-corrected chi connectivity index (χ4v) is 1.63. The molecular formula is C11H23ClN2O3. The molecule has 1 fully saturated rings. The van der Waals surface area contributed by atoms with E-state index in [0.717, 1.165) is 19.5 Å². The molecule has 1 heterocycles. The van der Waals surface area contributed by atoms with Gasteiger partial charge in [0.05, 0.1) is 18.2 Å². The van der Waals surface area contributed by atoms with Crippen LogP contribution in [0.5, 0.6) is 0 Å². The van der Waals surface area contributed by atoms with E-state index < -0.39 is 0 Å². The summed E-state index contributed by atoms with van der Waals surface area (Å²) < 4.78 is 10.6. The number of hydrogen-bond acceptors (Lipinski definition) is 4. The van der Waals surface area contributed by atoms with E-state index in [1.54, 1.807) is 7.11 Å². The third kappa shape index (κ3) is 5.68. The van der Waals surface area contributed by atoms with Crippen molar-refractivity contribution in [1.29, 1.82) is 0 Å². The number of carbonyl (C=O) groups is 1. The van der Waals surface area contributed by atoms with Gasteiger partial charge in [-0.1, -0.05) is 6.92 Å². The van der Waals surface area contributed by atoms with Crippen molar-refractivity contribution in [3.05, 3.63) is 0 Å². The van der Waals surface area contributed by atoms with Crippen molar-refractivity contribution in [3.8, 4) is 0 Å². The number of ether oxygens (including phenoxy) is 2. The summed E-state index contributed by atoms with van der Waals surface area (Å²) >= 11 is 0. The molecule has 2 N–H and O–H groups in total. The molecular weight excluding hydrogens is 244 g/mol. The first-order valence-electron chi connectivity index (χ1n) is 5.81. The van der Waals surface area contributed by atoms with Gasteiger partial charge in [0.1, 0.15) is 6.61 Å². The Kier molecular flexibility index (Phi) is 8.51. The Morgan fingerprint density at radius 3 is 2.82 bits per heavy atom. The number of halogens is 1. The number of rotatable bonds is 6. The second-order valence-electron chi connectivity index (χ2n) is 4.14. The Balaban J connectivity index is 0.00000256. The Morgan fingerprint density at radius 2 is 2.24 bits per heavy atom. The minimum Gasteiger partial charge on any atom is -0.378 e. The highest BCUT2D eigenvalue weighted by atomic mass is 35.5. The van der Waals surface area contributed by atoms with Crippen LogP contribution in [-0.2, 0) is 14.3 Å². The number of amides is 1. The Hall–Kier alpha value is -0.360. The SMILES string of the molecule is CCC(C)OCC(=O)NC1CNCC1OC.Cl. The van der Waals surface area contributed by atoms with Gasteiger partial charge in [0.15, 0.2) is 0 Å². The van der Waals surface area contributed by atoms with Crippen LogP contribution in [0, 0.1) is 0 Å². The second-order valence-corrected chi connectivity index (χ2v) is 4.14. The number of hydrogen-bond donors (Lipinski definition) is 2. The predicted molar refractivity (Wildman–Crippen MR) is 68.6 cm³/mol. The van der Waals surface area contributed by atoms with Crippen LogP contribution in [-0.4, -0.2) is 51.0 Å². The molecule has 1 amide bonds. The summed E-state index contributed by atoms with van der Waals surface area (Å²) in [6, 6.07) is 0.0537. The van der Waals surface area contributed by atoms with Gasteiger partial charge in [-0.2, -0.15) is 0 Å². The molecule has 0 aromatic heterocycles. The summed E-state index contributed by atoms with van der Waals surface area (Å²) in [5.41, 5.74) is 0. The molecule has 5 nitrogen and oxygen atoms in total. The maximum atomic E-state index is 11.6. The standard InChI is InChI=1S/C11H22N2O3.ClH/c1-4-8(2)16-7-11(14)13-9-5-12-6-10(9)15-3;/h8-10,12H,4-7H2,1-3H3,(H,13,14);1H. The largest absolute Gasteiger partial charge is 0.378 e. The van der Waals surface area contributed by atoms with Crippen LogP contribution in [0.1, 0.15) is 20.3 Å². The lowest BCUT2D eigenvalue weighted by Crippen LogP contribution is -2.45. The summed E-state index contributed by atoms with van der Waals surface area (Å²) in [7, 11) is 1.66. The number of nitrogens with one attached hydrogen (secondary N) is 2. The molecule has 17 heavy (non-hydrogen) atoms. The van der Waals surface area contributed by atoms with E-state index in [1.165, 1.54) is 0 Å². The molecule has 0 spiro atoms. The van der Waals surface area contributed by atoms with Crippen LogP contribution in [0.3, 0.4) is 0 Å². The van der Waals surface area contributed by atoms with Gasteiger partial charge in [-0.3, -0.25) is 4.79 Å². The van der Waals surface area contributed by atoms with Crippen molar-refractivity contribution < 1.29 is 14.3 Å². The zero-order valence-corrected chi connectivity index (χ0v) is 11.5. The summed E-state index contributed by atoms with van der Waals surface area (Å²) in [5, 5.41) is 6.08. The quantitative estimate of drug-likeness (QED) is 0.727. The molecule has 0 bridgehead atoms. The molecule has 0 aromatic carbocycles. The fraction of sp³-hybridized carbons (Fsp3) is 0.909. The van der Waals surface area contributed by atoms with Crippen LogP contribution in [0.2, 0.25) is 0 Å². The highest BCUT2D eigenvalue weighted by molar-refractivity contribution is 5.85. The van der Waals surface area contributed by atoms with Gasteiger partial charge in [-0.05, 0) is 13.3 Å². The van der Waals surface area contributed by atoms with Gasteiger partial charge >= 0.3 is 0 Å². The molecule has 3 atom stereocenters. The summed E-state index contributed by atoms with van der Waals surface area (Å²) in [5.74, 6) is -0.0731. The normalized spacial score (nSPS) is 25.1. The summed E-state index contributed by atoms with van der Waals surface area (Å²) in [4.78, 5) is 11.6. The lowest BCUT2D eigenvalue weighted by molar-refractivity contribution is -0.128. The third-order valence-corrected chi connectivity index (χ3v) is 2.88. The van der Waals surface area contributed by atoms with Crippen LogP contribution in [0.25, 0.3) is 0 Å².